The number of hydrogen-bond acceptors (Lipinski definition) is 4. The Kier molecular flexibility index (Phi) is 3.22. The van der Waals surface area contributed by atoms with E-state index >= 15 is 0 Å². The zero-order chi connectivity index (χ0) is 15.0. The van der Waals surface area contributed by atoms with Gasteiger partial charge in [-0.2, -0.15) is 5.26 Å². The molecule has 1 aromatic carbocycles. The lowest BCUT2D eigenvalue weighted by molar-refractivity contribution is -0.143. The Bertz CT molecular complexity index is 745. The summed E-state index contributed by atoms with van der Waals surface area (Å²) in [5.74, 6) is -0.999. The summed E-state index contributed by atoms with van der Waals surface area (Å²) < 4.78 is 0. The van der Waals surface area contributed by atoms with E-state index < -0.39 is 5.97 Å². The fourth-order valence-electron chi connectivity index (χ4n) is 2.76. The smallest absolute Gasteiger partial charge is 0.306 e. The standard InChI is InChI=1S/C16H15N3O2/c1-10(16(20)21)12-8-19(9-12)15-11(6-17)7-18-14-5-3-2-4-13(14)15/h2-5,7,10,12H,8-9H2,1H3,(H,20,21). The number of pyridine rings is 1. The molecule has 1 atom stereocenters. The minimum atomic E-state index is -0.764. The molecule has 1 fully saturated rings. The first-order valence-corrected chi connectivity index (χ1v) is 6.87. The summed E-state index contributed by atoms with van der Waals surface area (Å²) in [6.07, 6.45) is 1.59. The van der Waals surface area contributed by atoms with Gasteiger partial charge in [-0.3, -0.25) is 9.78 Å². The van der Waals surface area contributed by atoms with Gasteiger partial charge in [-0.05, 0) is 6.07 Å². The highest BCUT2D eigenvalue weighted by Gasteiger charge is 2.36. The molecule has 0 spiro atoms. The highest BCUT2D eigenvalue weighted by atomic mass is 16.4. The molecule has 5 heteroatoms. The molecule has 0 bridgehead atoms. The highest BCUT2D eigenvalue weighted by Crippen LogP contribution is 2.36. The third-order valence-corrected chi connectivity index (χ3v) is 4.19. The van der Waals surface area contributed by atoms with Crippen molar-refractivity contribution in [2.75, 3.05) is 18.0 Å². The molecule has 5 nitrogen and oxygen atoms in total. The number of anilines is 1. The predicted octanol–water partition coefficient (Wildman–Crippen LogP) is 2.26. The van der Waals surface area contributed by atoms with Crippen molar-refractivity contribution < 1.29 is 9.90 Å². The van der Waals surface area contributed by atoms with Crippen molar-refractivity contribution in [1.29, 1.82) is 5.26 Å². The van der Waals surface area contributed by atoms with Gasteiger partial charge in [0.2, 0.25) is 0 Å². The van der Waals surface area contributed by atoms with E-state index in [1.807, 2.05) is 24.3 Å². The van der Waals surface area contributed by atoms with Gasteiger partial charge in [0.05, 0.1) is 22.7 Å². The number of rotatable bonds is 3. The molecule has 1 saturated heterocycles. The number of carboxylic acid groups (broad SMARTS) is 1. The van der Waals surface area contributed by atoms with Crippen LogP contribution in [0.5, 0.6) is 0 Å². The van der Waals surface area contributed by atoms with Crippen molar-refractivity contribution in [2.24, 2.45) is 11.8 Å². The van der Waals surface area contributed by atoms with Gasteiger partial charge in [-0.1, -0.05) is 25.1 Å². The second-order valence-electron chi connectivity index (χ2n) is 5.44. The molecule has 1 aliphatic heterocycles. The SMILES string of the molecule is CC(C(=O)O)C1CN(c2c(C#N)cnc3ccccc23)C1. The van der Waals surface area contributed by atoms with Crippen molar-refractivity contribution in [1.82, 2.24) is 4.98 Å². The van der Waals surface area contributed by atoms with Gasteiger partial charge in [-0.15, -0.1) is 0 Å². The van der Waals surface area contributed by atoms with E-state index in [2.05, 4.69) is 16.0 Å². The fraction of sp³-hybridized carbons (Fsp3) is 0.312. The Morgan fingerprint density at radius 3 is 2.86 bits per heavy atom. The van der Waals surface area contributed by atoms with Gasteiger partial charge in [-0.25, -0.2) is 0 Å². The van der Waals surface area contributed by atoms with Gasteiger partial charge in [0.25, 0.3) is 0 Å². The summed E-state index contributed by atoms with van der Waals surface area (Å²) in [6.45, 7) is 3.06. The van der Waals surface area contributed by atoms with Crippen LogP contribution in [-0.4, -0.2) is 29.1 Å². The normalized spacial score (nSPS) is 16.3. The molecule has 0 amide bonds. The first kappa shape index (κ1) is 13.4. The summed E-state index contributed by atoms with van der Waals surface area (Å²) >= 11 is 0. The summed E-state index contributed by atoms with van der Waals surface area (Å²) in [4.78, 5) is 17.4. The van der Waals surface area contributed by atoms with Crippen LogP contribution in [0.3, 0.4) is 0 Å². The Balaban J connectivity index is 1.95. The van der Waals surface area contributed by atoms with Crippen LogP contribution in [0.4, 0.5) is 5.69 Å². The molecule has 2 aromatic rings. The minimum absolute atomic E-state index is 0.126. The molecule has 1 unspecified atom stereocenters. The van der Waals surface area contributed by atoms with Crippen LogP contribution >= 0.6 is 0 Å². The van der Waals surface area contributed by atoms with E-state index in [4.69, 9.17) is 5.11 Å². The zero-order valence-electron chi connectivity index (χ0n) is 11.7. The second kappa shape index (κ2) is 5.06. The van der Waals surface area contributed by atoms with Crippen molar-refractivity contribution in [3.63, 3.8) is 0 Å². The van der Waals surface area contributed by atoms with E-state index in [-0.39, 0.29) is 11.8 Å². The highest BCUT2D eigenvalue weighted by molar-refractivity contribution is 5.94. The van der Waals surface area contributed by atoms with Crippen molar-refractivity contribution in [2.45, 2.75) is 6.92 Å². The number of fused-ring (bicyclic) bond motifs is 1. The molecule has 2 heterocycles. The van der Waals surface area contributed by atoms with Crippen molar-refractivity contribution >= 4 is 22.6 Å². The van der Waals surface area contributed by atoms with Gasteiger partial charge in [0, 0.05) is 30.6 Å². The topological polar surface area (TPSA) is 77.2 Å². The Morgan fingerprint density at radius 2 is 2.19 bits per heavy atom. The Morgan fingerprint density at radius 1 is 1.48 bits per heavy atom. The summed E-state index contributed by atoms with van der Waals surface area (Å²) in [5, 5.41) is 19.3. The lowest BCUT2D eigenvalue weighted by atomic mass is 9.86. The molecule has 3 rings (SSSR count). The molecule has 1 aromatic heterocycles. The second-order valence-corrected chi connectivity index (χ2v) is 5.44. The van der Waals surface area contributed by atoms with E-state index in [0.29, 0.717) is 18.7 Å². The zero-order valence-corrected chi connectivity index (χ0v) is 11.7. The van der Waals surface area contributed by atoms with Crippen LogP contribution in [0, 0.1) is 23.2 Å². The monoisotopic (exact) mass is 281 g/mol. The molecule has 0 saturated carbocycles. The molecule has 1 N–H and O–H groups in total. The van der Waals surface area contributed by atoms with Crippen LogP contribution in [-0.2, 0) is 4.79 Å². The average molecular weight is 281 g/mol. The van der Waals surface area contributed by atoms with Gasteiger partial charge in [0.1, 0.15) is 6.07 Å². The lowest BCUT2D eigenvalue weighted by Crippen LogP contribution is -2.51. The quantitative estimate of drug-likeness (QED) is 0.933. The molecular weight excluding hydrogens is 266 g/mol. The van der Waals surface area contributed by atoms with E-state index in [0.717, 1.165) is 16.6 Å². The summed E-state index contributed by atoms with van der Waals surface area (Å²) in [5.41, 5.74) is 2.26. The average Bonchev–Trinajstić information content (AvgIpc) is 2.45. The number of carboxylic acids is 1. The maximum Gasteiger partial charge on any atom is 0.306 e. The third kappa shape index (κ3) is 2.19. The minimum Gasteiger partial charge on any atom is -0.481 e. The van der Waals surface area contributed by atoms with Crippen LogP contribution < -0.4 is 4.90 Å². The van der Waals surface area contributed by atoms with Crippen molar-refractivity contribution in [3.05, 3.63) is 36.0 Å². The number of hydrogen-bond donors (Lipinski definition) is 1. The van der Waals surface area contributed by atoms with Crippen LogP contribution in [0.15, 0.2) is 30.5 Å². The number of carbonyl (C=O) groups is 1. The summed E-state index contributed by atoms with van der Waals surface area (Å²) in [6, 6.07) is 9.88. The molecule has 1 aliphatic rings. The number of para-hydroxylation sites is 1. The molecule has 0 aliphatic carbocycles. The predicted molar refractivity (Wildman–Crippen MR) is 79.0 cm³/mol. The summed E-state index contributed by atoms with van der Waals surface area (Å²) in [7, 11) is 0. The van der Waals surface area contributed by atoms with E-state index in [9.17, 15) is 10.1 Å². The van der Waals surface area contributed by atoms with Gasteiger partial charge >= 0.3 is 5.97 Å². The lowest BCUT2D eigenvalue weighted by Gasteiger charge is -2.43. The van der Waals surface area contributed by atoms with Crippen LogP contribution in [0.2, 0.25) is 0 Å². The third-order valence-electron chi connectivity index (χ3n) is 4.19. The van der Waals surface area contributed by atoms with Crippen LogP contribution in [0.1, 0.15) is 12.5 Å². The Labute approximate surface area is 122 Å². The van der Waals surface area contributed by atoms with E-state index in [1.54, 1.807) is 13.1 Å². The maximum absolute atomic E-state index is 11.0. The maximum atomic E-state index is 11.0. The fourth-order valence-corrected chi connectivity index (χ4v) is 2.76. The molecule has 0 radical (unpaired) electrons. The van der Waals surface area contributed by atoms with Crippen LogP contribution in [0.25, 0.3) is 10.9 Å². The number of aliphatic carboxylic acids is 1. The first-order valence-electron chi connectivity index (χ1n) is 6.87. The number of aromatic nitrogens is 1. The largest absolute Gasteiger partial charge is 0.481 e. The molecular formula is C16H15N3O2. The van der Waals surface area contributed by atoms with Gasteiger partial charge in [0.15, 0.2) is 0 Å². The van der Waals surface area contributed by atoms with E-state index in [1.165, 1.54) is 0 Å². The number of nitriles is 1. The number of nitrogens with zero attached hydrogens (tertiary/aromatic N) is 3. The van der Waals surface area contributed by atoms with Gasteiger partial charge < -0.3 is 10.0 Å². The number of benzene rings is 1. The first-order chi connectivity index (χ1) is 10.1. The molecule has 21 heavy (non-hydrogen) atoms. The van der Waals surface area contributed by atoms with Crippen molar-refractivity contribution in [3.8, 4) is 6.07 Å². The molecule has 106 valence electrons. The Hall–Kier alpha value is -2.61.